The standard InChI is InChI=1S/C8H8BrNO2/c9-4-1-2-5-6(3-4)8(12)10-7(5)11/h1-3,5-6,8,12H,(H,10,11). The molecule has 1 heterocycles. The monoisotopic (exact) mass is 229 g/mol. The fourth-order valence-corrected chi connectivity index (χ4v) is 2.01. The minimum atomic E-state index is -0.736. The lowest BCUT2D eigenvalue weighted by Crippen LogP contribution is -2.27. The van der Waals surface area contributed by atoms with Crippen molar-refractivity contribution in [2.75, 3.05) is 0 Å². The molecule has 0 spiro atoms. The Kier molecular flexibility index (Phi) is 1.81. The maximum atomic E-state index is 11.2. The van der Waals surface area contributed by atoms with Crippen LogP contribution in [-0.4, -0.2) is 17.2 Å². The summed E-state index contributed by atoms with van der Waals surface area (Å²) in [6.45, 7) is 0. The highest BCUT2D eigenvalue weighted by molar-refractivity contribution is 9.11. The van der Waals surface area contributed by atoms with Crippen molar-refractivity contribution in [3.63, 3.8) is 0 Å². The molecule has 1 fully saturated rings. The Morgan fingerprint density at radius 2 is 2.33 bits per heavy atom. The lowest BCUT2D eigenvalue weighted by Gasteiger charge is -2.15. The summed E-state index contributed by atoms with van der Waals surface area (Å²) in [4.78, 5) is 11.2. The molecule has 0 radical (unpaired) electrons. The van der Waals surface area contributed by atoms with E-state index in [1.807, 2.05) is 12.2 Å². The fraction of sp³-hybridized carbons (Fsp3) is 0.375. The first-order valence-electron chi connectivity index (χ1n) is 3.72. The van der Waals surface area contributed by atoms with Crippen molar-refractivity contribution >= 4 is 21.8 Å². The van der Waals surface area contributed by atoms with Gasteiger partial charge in [0.1, 0.15) is 6.23 Å². The normalized spacial score (nSPS) is 39.0. The predicted octanol–water partition coefficient (Wildman–Crippen LogP) is 0.516. The molecule has 3 atom stereocenters. The number of aliphatic hydroxyl groups is 1. The van der Waals surface area contributed by atoms with Crippen molar-refractivity contribution in [2.24, 2.45) is 11.8 Å². The van der Waals surface area contributed by atoms with Crippen LogP contribution in [0.5, 0.6) is 0 Å². The van der Waals surface area contributed by atoms with Crippen LogP contribution in [0.2, 0.25) is 0 Å². The first kappa shape index (κ1) is 8.01. The van der Waals surface area contributed by atoms with Crippen LogP contribution >= 0.6 is 15.9 Å². The van der Waals surface area contributed by atoms with Crippen molar-refractivity contribution in [1.29, 1.82) is 0 Å². The number of rotatable bonds is 0. The maximum absolute atomic E-state index is 11.2. The van der Waals surface area contributed by atoms with Crippen molar-refractivity contribution in [2.45, 2.75) is 6.23 Å². The molecule has 0 aromatic carbocycles. The molecule has 2 aliphatic rings. The van der Waals surface area contributed by atoms with Gasteiger partial charge in [-0.3, -0.25) is 4.79 Å². The molecule has 0 aromatic rings. The Hall–Kier alpha value is -0.610. The molecule has 0 bridgehead atoms. The number of fused-ring (bicyclic) bond motifs is 1. The van der Waals surface area contributed by atoms with Crippen LogP contribution in [0, 0.1) is 11.8 Å². The van der Waals surface area contributed by atoms with Crippen LogP contribution in [0.15, 0.2) is 22.7 Å². The summed E-state index contributed by atoms with van der Waals surface area (Å²) in [5.74, 6) is -0.404. The van der Waals surface area contributed by atoms with E-state index >= 15 is 0 Å². The van der Waals surface area contributed by atoms with Crippen LogP contribution in [0.25, 0.3) is 0 Å². The summed E-state index contributed by atoms with van der Waals surface area (Å²) in [5, 5.41) is 11.9. The second-order valence-electron chi connectivity index (χ2n) is 2.97. The molecule has 12 heavy (non-hydrogen) atoms. The van der Waals surface area contributed by atoms with E-state index < -0.39 is 6.23 Å². The average molecular weight is 230 g/mol. The predicted molar refractivity (Wildman–Crippen MR) is 47.3 cm³/mol. The fourth-order valence-electron chi connectivity index (χ4n) is 1.55. The van der Waals surface area contributed by atoms with Gasteiger partial charge in [0, 0.05) is 10.4 Å². The molecular formula is C8H8BrNO2. The van der Waals surface area contributed by atoms with Crippen LogP contribution in [0.3, 0.4) is 0 Å². The molecule has 4 heteroatoms. The largest absolute Gasteiger partial charge is 0.373 e. The smallest absolute Gasteiger partial charge is 0.229 e. The van der Waals surface area contributed by atoms with Gasteiger partial charge < -0.3 is 10.4 Å². The highest BCUT2D eigenvalue weighted by Gasteiger charge is 2.39. The molecule has 0 aromatic heterocycles. The van der Waals surface area contributed by atoms with Crippen molar-refractivity contribution in [3.8, 4) is 0 Å². The molecule has 3 unspecified atom stereocenters. The third-order valence-corrected chi connectivity index (χ3v) is 2.72. The van der Waals surface area contributed by atoms with Crippen molar-refractivity contribution in [3.05, 3.63) is 22.7 Å². The van der Waals surface area contributed by atoms with Crippen molar-refractivity contribution < 1.29 is 9.90 Å². The Morgan fingerprint density at radius 1 is 1.58 bits per heavy atom. The minimum absolute atomic E-state index is 0.0972. The summed E-state index contributed by atoms with van der Waals surface area (Å²) in [6.07, 6.45) is 4.76. The molecule has 0 saturated carbocycles. The van der Waals surface area contributed by atoms with E-state index in [0.717, 1.165) is 4.48 Å². The maximum Gasteiger partial charge on any atom is 0.229 e. The number of carbonyl (C=O) groups is 1. The molecule has 64 valence electrons. The minimum Gasteiger partial charge on any atom is -0.373 e. The van der Waals surface area contributed by atoms with Gasteiger partial charge in [-0.25, -0.2) is 0 Å². The summed E-state index contributed by atoms with van der Waals surface area (Å²) < 4.78 is 0.916. The van der Waals surface area contributed by atoms with Crippen LogP contribution in [-0.2, 0) is 4.79 Å². The number of hydrogen-bond acceptors (Lipinski definition) is 2. The number of allylic oxidation sites excluding steroid dienone is 2. The topological polar surface area (TPSA) is 49.3 Å². The Morgan fingerprint density at radius 3 is 3.08 bits per heavy atom. The van der Waals surface area contributed by atoms with Crippen molar-refractivity contribution in [1.82, 2.24) is 5.32 Å². The number of aliphatic hydroxyl groups excluding tert-OH is 1. The quantitative estimate of drug-likeness (QED) is 0.637. The Labute approximate surface area is 78.3 Å². The van der Waals surface area contributed by atoms with Gasteiger partial charge in [-0.05, 0) is 0 Å². The number of hydrogen-bond donors (Lipinski definition) is 2. The molecule has 2 rings (SSSR count). The van der Waals surface area contributed by atoms with E-state index in [1.165, 1.54) is 0 Å². The lowest BCUT2D eigenvalue weighted by atomic mass is 9.90. The number of halogens is 1. The van der Waals surface area contributed by atoms with Gasteiger partial charge in [-0.2, -0.15) is 0 Å². The van der Waals surface area contributed by atoms with E-state index in [2.05, 4.69) is 21.2 Å². The Balaban J connectivity index is 2.31. The van der Waals surface area contributed by atoms with Gasteiger partial charge in [0.2, 0.25) is 5.91 Å². The van der Waals surface area contributed by atoms with Crippen LogP contribution in [0.1, 0.15) is 0 Å². The highest BCUT2D eigenvalue weighted by atomic mass is 79.9. The highest BCUT2D eigenvalue weighted by Crippen LogP contribution is 2.31. The summed E-state index contributed by atoms with van der Waals surface area (Å²) >= 11 is 3.30. The molecule has 1 saturated heterocycles. The van der Waals surface area contributed by atoms with Gasteiger partial charge in [-0.15, -0.1) is 0 Å². The lowest BCUT2D eigenvalue weighted by molar-refractivity contribution is -0.122. The first-order valence-corrected chi connectivity index (χ1v) is 4.52. The molecule has 2 N–H and O–H groups in total. The van der Waals surface area contributed by atoms with Gasteiger partial charge >= 0.3 is 0 Å². The molecular weight excluding hydrogens is 222 g/mol. The second-order valence-corrected chi connectivity index (χ2v) is 3.88. The van der Waals surface area contributed by atoms with Gasteiger partial charge in [0.05, 0.1) is 5.92 Å². The van der Waals surface area contributed by atoms with Crippen LogP contribution < -0.4 is 5.32 Å². The molecule has 1 aliphatic heterocycles. The summed E-state index contributed by atoms with van der Waals surface area (Å²) in [7, 11) is 0. The van der Waals surface area contributed by atoms with E-state index in [9.17, 15) is 9.90 Å². The van der Waals surface area contributed by atoms with E-state index in [1.54, 1.807) is 6.08 Å². The summed E-state index contributed by atoms with van der Waals surface area (Å²) in [5.41, 5.74) is 0. The molecule has 1 amide bonds. The van der Waals surface area contributed by atoms with Gasteiger partial charge in [-0.1, -0.05) is 34.2 Å². The molecule has 3 nitrogen and oxygen atoms in total. The number of nitrogens with one attached hydrogen (secondary N) is 1. The number of amides is 1. The third-order valence-electron chi connectivity index (χ3n) is 2.19. The zero-order chi connectivity index (χ0) is 8.72. The Bertz CT molecular complexity index is 285. The third kappa shape index (κ3) is 1.11. The average Bonchev–Trinajstić information content (AvgIpc) is 2.28. The second kappa shape index (κ2) is 2.71. The van der Waals surface area contributed by atoms with E-state index in [4.69, 9.17) is 0 Å². The SMILES string of the molecule is O=C1NC(O)C2C=C(Br)C=CC12. The van der Waals surface area contributed by atoms with Gasteiger partial charge in [0.25, 0.3) is 0 Å². The summed E-state index contributed by atoms with van der Waals surface area (Å²) in [6, 6.07) is 0. The zero-order valence-corrected chi connectivity index (χ0v) is 7.78. The molecule has 1 aliphatic carbocycles. The number of carbonyl (C=O) groups excluding carboxylic acids is 1. The van der Waals surface area contributed by atoms with E-state index in [-0.39, 0.29) is 17.7 Å². The van der Waals surface area contributed by atoms with Crippen LogP contribution in [0.4, 0.5) is 0 Å². The van der Waals surface area contributed by atoms with Gasteiger partial charge in [0.15, 0.2) is 0 Å². The van der Waals surface area contributed by atoms with E-state index in [0.29, 0.717) is 0 Å². The zero-order valence-electron chi connectivity index (χ0n) is 6.20. The first-order chi connectivity index (χ1) is 5.68.